The van der Waals surface area contributed by atoms with Crippen molar-refractivity contribution in [3.8, 4) is 16.9 Å². The average molecular weight is 407 g/mol. The van der Waals surface area contributed by atoms with Gasteiger partial charge in [0.1, 0.15) is 16.4 Å². The number of methoxy groups -OCH3 is 1. The summed E-state index contributed by atoms with van der Waals surface area (Å²) in [6.45, 7) is 2.09. The smallest absolute Gasteiger partial charge is 0.269 e. The van der Waals surface area contributed by atoms with Crippen LogP contribution in [-0.2, 0) is 6.54 Å². The lowest BCUT2D eigenvalue weighted by molar-refractivity contribution is -0.384. The first-order chi connectivity index (χ1) is 14.0. The van der Waals surface area contributed by atoms with Crippen LogP contribution in [0.1, 0.15) is 11.4 Å². The molecule has 0 fully saturated rings. The van der Waals surface area contributed by atoms with Crippen molar-refractivity contribution in [3.05, 3.63) is 85.8 Å². The fourth-order valence-corrected chi connectivity index (χ4v) is 4.18. The molecule has 0 bridgehead atoms. The molecular weight excluding hydrogens is 390 g/mol. The van der Waals surface area contributed by atoms with Gasteiger partial charge in [0.25, 0.3) is 11.2 Å². The van der Waals surface area contributed by atoms with Crippen LogP contribution in [0.25, 0.3) is 21.3 Å². The van der Waals surface area contributed by atoms with Gasteiger partial charge in [0, 0.05) is 23.1 Å². The third-order valence-corrected chi connectivity index (χ3v) is 5.65. The van der Waals surface area contributed by atoms with Crippen molar-refractivity contribution in [2.45, 2.75) is 13.5 Å². The number of ether oxygens (including phenoxy) is 1. The number of thiophene rings is 1. The van der Waals surface area contributed by atoms with E-state index in [1.54, 1.807) is 30.7 Å². The van der Waals surface area contributed by atoms with E-state index in [1.807, 2.05) is 29.6 Å². The molecular formula is C21H17N3O4S. The number of benzene rings is 2. The van der Waals surface area contributed by atoms with Gasteiger partial charge in [-0.05, 0) is 30.2 Å². The molecule has 7 nitrogen and oxygen atoms in total. The van der Waals surface area contributed by atoms with Crippen molar-refractivity contribution < 1.29 is 9.66 Å². The minimum absolute atomic E-state index is 0.0195. The van der Waals surface area contributed by atoms with E-state index >= 15 is 0 Å². The maximum Gasteiger partial charge on any atom is 0.269 e. The Kier molecular flexibility index (Phi) is 4.85. The van der Waals surface area contributed by atoms with Crippen LogP contribution in [0.5, 0.6) is 5.75 Å². The fraction of sp³-hybridized carbons (Fsp3) is 0.143. The first-order valence-corrected chi connectivity index (χ1v) is 9.72. The van der Waals surface area contributed by atoms with Gasteiger partial charge < -0.3 is 4.74 Å². The molecule has 8 heteroatoms. The molecule has 0 radical (unpaired) electrons. The molecule has 0 aliphatic rings. The van der Waals surface area contributed by atoms with Crippen LogP contribution in [-0.4, -0.2) is 21.6 Å². The summed E-state index contributed by atoms with van der Waals surface area (Å²) in [4.78, 5) is 29.0. The Morgan fingerprint density at radius 3 is 2.45 bits per heavy atom. The zero-order valence-corrected chi connectivity index (χ0v) is 16.6. The molecule has 0 saturated heterocycles. The number of nitrogens with zero attached hydrogens (tertiary/aromatic N) is 3. The molecule has 146 valence electrons. The summed E-state index contributed by atoms with van der Waals surface area (Å²) in [7, 11) is 1.61. The number of aromatic nitrogens is 2. The lowest BCUT2D eigenvalue weighted by Gasteiger charge is -2.10. The lowest BCUT2D eigenvalue weighted by atomic mass is 10.1. The summed E-state index contributed by atoms with van der Waals surface area (Å²) in [5, 5.41) is 13.4. The van der Waals surface area contributed by atoms with E-state index in [0.717, 1.165) is 22.4 Å². The number of nitro benzene ring substituents is 1. The highest BCUT2D eigenvalue weighted by molar-refractivity contribution is 7.17. The number of rotatable bonds is 5. The van der Waals surface area contributed by atoms with E-state index in [-0.39, 0.29) is 11.2 Å². The normalized spacial score (nSPS) is 11.0. The number of fused-ring (bicyclic) bond motifs is 1. The number of hydrogen-bond acceptors (Lipinski definition) is 6. The predicted molar refractivity (Wildman–Crippen MR) is 113 cm³/mol. The topological polar surface area (TPSA) is 87.3 Å². The highest BCUT2D eigenvalue weighted by Gasteiger charge is 2.16. The minimum Gasteiger partial charge on any atom is -0.497 e. The molecule has 2 aromatic carbocycles. The van der Waals surface area contributed by atoms with E-state index in [4.69, 9.17) is 4.74 Å². The van der Waals surface area contributed by atoms with Gasteiger partial charge in [0.15, 0.2) is 0 Å². The van der Waals surface area contributed by atoms with Crippen LogP contribution < -0.4 is 10.3 Å². The van der Waals surface area contributed by atoms with Crippen molar-refractivity contribution in [2.75, 3.05) is 7.11 Å². The van der Waals surface area contributed by atoms with Crippen LogP contribution in [0.4, 0.5) is 5.69 Å². The number of nitro groups is 1. The zero-order valence-electron chi connectivity index (χ0n) is 15.8. The summed E-state index contributed by atoms with van der Waals surface area (Å²) in [5.74, 6) is 1.35. The fourth-order valence-electron chi connectivity index (χ4n) is 3.20. The number of aryl methyl sites for hydroxylation is 1. The Labute approximate surface area is 170 Å². The second-order valence-electron chi connectivity index (χ2n) is 6.53. The third-order valence-electron chi connectivity index (χ3n) is 4.77. The quantitative estimate of drug-likeness (QED) is 0.361. The van der Waals surface area contributed by atoms with E-state index < -0.39 is 4.92 Å². The average Bonchev–Trinajstić information content (AvgIpc) is 3.15. The van der Waals surface area contributed by atoms with E-state index in [0.29, 0.717) is 22.6 Å². The highest BCUT2D eigenvalue weighted by atomic mass is 32.1. The molecule has 4 rings (SSSR count). The van der Waals surface area contributed by atoms with Gasteiger partial charge >= 0.3 is 0 Å². The van der Waals surface area contributed by atoms with Gasteiger partial charge in [-0.3, -0.25) is 19.5 Å². The Bertz CT molecular complexity index is 1260. The number of hydrogen-bond donors (Lipinski definition) is 0. The maximum absolute atomic E-state index is 13.3. The van der Waals surface area contributed by atoms with Crippen molar-refractivity contribution in [3.63, 3.8) is 0 Å². The summed E-state index contributed by atoms with van der Waals surface area (Å²) >= 11 is 1.44. The molecule has 2 heterocycles. The molecule has 0 aliphatic carbocycles. The Balaban J connectivity index is 1.78. The molecule has 0 amide bonds. The first kappa shape index (κ1) is 18.8. The lowest BCUT2D eigenvalue weighted by Crippen LogP contribution is -2.24. The van der Waals surface area contributed by atoms with Gasteiger partial charge in [-0.15, -0.1) is 11.3 Å². The van der Waals surface area contributed by atoms with Crippen LogP contribution in [0.3, 0.4) is 0 Å². The largest absolute Gasteiger partial charge is 0.497 e. The molecule has 29 heavy (non-hydrogen) atoms. The molecule has 4 aromatic rings. The van der Waals surface area contributed by atoms with Gasteiger partial charge in [-0.2, -0.15) is 0 Å². The third kappa shape index (κ3) is 3.50. The SMILES string of the molecule is COc1ccc(-c2csc3nc(C)n(Cc4ccc([N+](=O)[O-])cc4)c(=O)c23)cc1. The van der Waals surface area contributed by atoms with Crippen LogP contribution >= 0.6 is 11.3 Å². The Hall–Kier alpha value is -3.52. The van der Waals surface area contributed by atoms with E-state index in [2.05, 4.69) is 4.98 Å². The Morgan fingerprint density at radius 2 is 1.83 bits per heavy atom. The monoisotopic (exact) mass is 407 g/mol. The summed E-state index contributed by atoms with van der Waals surface area (Å²) < 4.78 is 6.80. The minimum atomic E-state index is -0.443. The Morgan fingerprint density at radius 1 is 1.14 bits per heavy atom. The molecule has 0 saturated carbocycles. The van der Waals surface area contributed by atoms with Gasteiger partial charge in [-0.25, -0.2) is 4.98 Å². The van der Waals surface area contributed by atoms with Crippen molar-refractivity contribution in [1.29, 1.82) is 0 Å². The van der Waals surface area contributed by atoms with Gasteiger partial charge in [0.05, 0.1) is 24.0 Å². The van der Waals surface area contributed by atoms with Crippen molar-refractivity contribution >= 4 is 27.2 Å². The number of non-ortho nitro benzene ring substituents is 1. The van der Waals surface area contributed by atoms with Gasteiger partial charge in [0.2, 0.25) is 0 Å². The second kappa shape index (κ2) is 7.48. The molecule has 0 unspecified atom stereocenters. The molecule has 0 aliphatic heterocycles. The summed E-state index contributed by atoms with van der Waals surface area (Å²) in [6.07, 6.45) is 0. The van der Waals surface area contributed by atoms with Crippen LogP contribution in [0.15, 0.2) is 58.7 Å². The van der Waals surface area contributed by atoms with Crippen molar-refractivity contribution in [1.82, 2.24) is 9.55 Å². The first-order valence-electron chi connectivity index (χ1n) is 8.84. The zero-order chi connectivity index (χ0) is 20.5. The molecule has 0 N–H and O–H groups in total. The van der Waals surface area contributed by atoms with Crippen molar-refractivity contribution in [2.24, 2.45) is 0 Å². The molecule has 0 atom stereocenters. The summed E-state index contributed by atoms with van der Waals surface area (Å²) in [5.41, 5.74) is 2.44. The standard InChI is InChI=1S/C21H17N3O4S/c1-13-22-20-19(18(12-29-20)15-5-9-17(28-2)10-6-15)21(25)23(13)11-14-3-7-16(8-4-14)24(26)27/h3-10,12H,11H2,1-2H3. The second-order valence-corrected chi connectivity index (χ2v) is 7.39. The van der Waals surface area contributed by atoms with Gasteiger partial charge in [-0.1, -0.05) is 24.3 Å². The van der Waals surface area contributed by atoms with E-state index in [9.17, 15) is 14.9 Å². The predicted octanol–water partition coefficient (Wildman–Crippen LogP) is 4.40. The molecule has 2 aromatic heterocycles. The highest BCUT2D eigenvalue weighted by Crippen LogP contribution is 2.32. The van der Waals surface area contributed by atoms with Crippen LogP contribution in [0, 0.1) is 17.0 Å². The van der Waals surface area contributed by atoms with E-state index in [1.165, 1.54) is 23.5 Å². The molecule has 0 spiro atoms. The van der Waals surface area contributed by atoms with Crippen LogP contribution in [0.2, 0.25) is 0 Å². The maximum atomic E-state index is 13.3. The summed E-state index contributed by atoms with van der Waals surface area (Å²) in [6, 6.07) is 13.7.